The molecule has 1 saturated heterocycles. The van der Waals surface area contributed by atoms with Crippen LogP contribution in [0.4, 0.5) is 0 Å². The first kappa shape index (κ1) is 15.9. The highest BCUT2D eigenvalue weighted by Crippen LogP contribution is 2.29. The van der Waals surface area contributed by atoms with Crippen molar-refractivity contribution in [3.8, 4) is 0 Å². The minimum Gasteiger partial charge on any atom is -0.479 e. The molecule has 0 radical (unpaired) electrons. The van der Waals surface area contributed by atoms with Crippen molar-refractivity contribution in [3.63, 3.8) is 0 Å². The molecule has 1 heterocycles. The molecule has 1 aromatic carbocycles. The average Bonchev–Trinajstić information content (AvgIpc) is 2.88. The van der Waals surface area contributed by atoms with E-state index in [0.29, 0.717) is 18.6 Å². The van der Waals surface area contributed by atoms with Crippen molar-refractivity contribution in [2.75, 3.05) is 11.5 Å². The van der Waals surface area contributed by atoms with E-state index in [1.807, 2.05) is 38.1 Å². The molecular weight excluding hydrogens is 286 g/mol. The number of carbonyl (C=O) groups is 2. The van der Waals surface area contributed by atoms with E-state index >= 15 is 0 Å². The van der Waals surface area contributed by atoms with E-state index in [4.69, 9.17) is 0 Å². The predicted molar refractivity (Wildman–Crippen MR) is 84.7 cm³/mol. The molecule has 0 saturated carbocycles. The average molecular weight is 307 g/mol. The zero-order valence-electron chi connectivity index (χ0n) is 12.4. The lowest BCUT2D eigenvalue weighted by atomic mass is 9.92. The van der Waals surface area contributed by atoms with Gasteiger partial charge in [-0.05, 0) is 36.1 Å². The monoisotopic (exact) mass is 307 g/mol. The van der Waals surface area contributed by atoms with Crippen molar-refractivity contribution in [1.82, 2.24) is 5.32 Å². The number of rotatable bonds is 5. The Morgan fingerprint density at radius 1 is 1.43 bits per heavy atom. The van der Waals surface area contributed by atoms with E-state index in [1.165, 1.54) is 0 Å². The van der Waals surface area contributed by atoms with Crippen LogP contribution < -0.4 is 5.32 Å². The standard InChI is InChI=1S/C16H21NO3S/c1-11-5-3-4-6-13(11)12(2)9-14(18)17-16(15(19)20)7-8-21-10-16/h3-6,12H,7-10H2,1-2H3,(H,17,18)(H,19,20). The first-order valence-electron chi connectivity index (χ1n) is 7.12. The van der Waals surface area contributed by atoms with Crippen LogP contribution in [0.15, 0.2) is 24.3 Å². The van der Waals surface area contributed by atoms with Crippen LogP contribution in [-0.2, 0) is 9.59 Å². The second-order valence-electron chi connectivity index (χ2n) is 5.70. The number of hydrogen-bond donors (Lipinski definition) is 2. The lowest BCUT2D eigenvalue weighted by molar-refractivity contribution is -0.146. The molecule has 4 nitrogen and oxygen atoms in total. The number of aryl methyl sites for hydroxylation is 1. The van der Waals surface area contributed by atoms with Crippen LogP contribution in [0.3, 0.4) is 0 Å². The second kappa shape index (κ2) is 6.52. The Morgan fingerprint density at radius 3 is 2.71 bits per heavy atom. The summed E-state index contributed by atoms with van der Waals surface area (Å²) in [5, 5.41) is 12.1. The second-order valence-corrected chi connectivity index (χ2v) is 6.80. The Labute approximate surface area is 129 Å². The summed E-state index contributed by atoms with van der Waals surface area (Å²) in [5.41, 5.74) is 1.22. The lowest BCUT2D eigenvalue weighted by Gasteiger charge is -2.25. The number of thioether (sulfide) groups is 1. The smallest absolute Gasteiger partial charge is 0.330 e. The van der Waals surface area contributed by atoms with Crippen LogP contribution in [0, 0.1) is 6.92 Å². The molecule has 2 rings (SSSR count). The van der Waals surface area contributed by atoms with E-state index in [2.05, 4.69) is 5.32 Å². The van der Waals surface area contributed by atoms with Crippen molar-refractivity contribution in [1.29, 1.82) is 0 Å². The largest absolute Gasteiger partial charge is 0.479 e. The van der Waals surface area contributed by atoms with Crippen molar-refractivity contribution in [2.24, 2.45) is 0 Å². The summed E-state index contributed by atoms with van der Waals surface area (Å²) in [6.07, 6.45) is 0.808. The third kappa shape index (κ3) is 3.59. The molecule has 1 aromatic rings. The fourth-order valence-corrected chi connectivity index (χ4v) is 4.06. The lowest BCUT2D eigenvalue weighted by Crippen LogP contribution is -2.54. The molecule has 1 fully saturated rings. The highest BCUT2D eigenvalue weighted by Gasteiger charge is 2.43. The minimum absolute atomic E-state index is 0.0751. The first-order chi connectivity index (χ1) is 9.94. The SMILES string of the molecule is Cc1ccccc1C(C)CC(=O)NC1(C(=O)O)CCSC1. The van der Waals surface area contributed by atoms with Gasteiger partial charge in [0, 0.05) is 12.2 Å². The zero-order chi connectivity index (χ0) is 15.5. The Morgan fingerprint density at radius 2 is 2.14 bits per heavy atom. The molecule has 114 valence electrons. The number of benzene rings is 1. The highest BCUT2D eigenvalue weighted by atomic mass is 32.2. The molecule has 2 atom stereocenters. The van der Waals surface area contributed by atoms with Crippen LogP contribution in [0.2, 0.25) is 0 Å². The maximum absolute atomic E-state index is 12.2. The fourth-order valence-electron chi connectivity index (χ4n) is 2.73. The maximum Gasteiger partial charge on any atom is 0.330 e. The molecule has 1 amide bonds. The quantitative estimate of drug-likeness (QED) is 0.877. The molecule has 1 aliphatic heterocycles. The molecule has 1 aliphatic rings. The summed E-state index contributed by atoms with van der Waals surface area (Å²) in [4.78, 5) is 23.7. The number of amides is 1. The summed E-state index contributed by atoms with van der Waals surface area (Å²) in [5.74, 6) is 0.193. The number of carboxylic acid groups (broad SMARTS) is 1. The van der Waals surface area contributed by atoms with Gasteiger partial charge in [0.25, 0.3) is 0 Å². The van der Waals surface area contributed by atoms with Gasteiger partial charge < -0.3 is 10.4 Å². The molecule has 0 bridgehead atoms. The first-order valence-corrected chi connectivity index (χ1v) is 8.28. The van der Waals surface area contributed by atoms with Gasteiger partial charge in [0.1, 0.15) is 5.54 Å². The summed E-state index contributed by atoms with van der Waals surface area (Å²) in [6.45, 7) is 4.02. The number of carboxylic acids is 1. The molecular formula is C16H21NO3S. The van der Waals surface area contributed by atoms with Gasteiger partial charge in [-0.2, -0.15) is 11.8 Å². The molecule has 0 aliphatic carbocycles. The van der Waals surface area contributed by atoms with Crippen LogP contribution in [0.5, 0.6) is 0 Å². The van der Waals surface area contributed by atoms with Gasteiger partial charge in [-0.1, -0.05) is 31.2 Å². The third-order valence-corrected chi connectivity index (χ3v) is 5.21. The Balaban J connectivity index is 2.01. The molecule has 21 heavy (non-hydrogen) atoms. The van der Waals surface area contributed by atoms with Gasteiger partial charge in [-0.3, -0.25) is 4.79 Å². The van der Waals surface area contributed by atoms with Gasteiger partial charge in [0.05, 0.1) is 0 Å². The van der Waals surface area contributed by atoms with E-state index in [-0.39, 0.29) is 11.8 Å². The van der Waals surface area contributed by atoms with Gasteiger partial charge in [-0.25, -0.2) is 4.79 Å². The van der Waals surface area contributed by atoms with Crippen molar-refractivity contribution >= 4 is 23.6 Å². The van der Waals surface area contributed by atoms with E-state index in [1.54, 1.807) is 11.8 Å². The summed E-state index contributed by atoms with van der Waals surface area (Å²) in [7, 11) is 0. The molecule has 0 spiro atoms. The topological polar surface area (TPSA) is 66.4 Å². The molecule has 2 N–H and O–H groups in total. The van der Waals surface area contributed by atoms with Gasteiger partial charge in [0.2, 0.25) is 5.91 Å². The molecule has 2 unspecified atom stereocenters. The van der Waals surface area contributed by atoms with Crippen LogP contribution >= 0.6 is 11.8 Å². The van der Waals surface area contributed by atoms with Crippen LogP contribution in [0.1, 0.15) is 36.8 Å². The van der Waals surface area contributed by atoms with Crippen molar-refractivity contribution in [3.05, 3.63) is 35.4 Å². The third-order valence-electron chi connectivity index (χ3n) is 4.02. The van der Waals surface area contributed by atoms with E-state index in [9.17, 15) is 14.7 Å². The number of carbonyl (C=O) groups excluding carboxylic acids is 1. The minimum atomic E-state index is -1.08. The van der Waals surface area contributed by atoms with Crippen molar-refractivity contribution in [2.45, 2.75) is 38.1 Å². The maximum atomic E-state index is 12.2. The Bertz CT molecular complexity index is 538. The molecule has 0 aromatic heterocycles. The van der Waals surface area contributed by atoms with Gasteiger partial charge in [0.15, 0.2) is 0 Å². The normalized spacial score (nSPS) is 22.8. The van der Waals surface area contributed by atoms with E-state index < -0.39 is 11.5 Å². The fraction of sp³-hybridized carbons (Fsp3) is 0.500. The van der Waals surface area contributed by atoms with Crippen LogP contribution in [0.25, 0.3) is 0 Å². The van der Waals surface area contributed by atoms with E-state index in [0.717, 1.165) is 16.9 Å². The number of hydrogen-bond acceptors (Lipinski definition) is 3. The van der Waals surface area contributed by atoms with Crippen molar-refractivity contribution < 1.29 is 14.7 Å². The van der Waals surface area contributed by atoms with Crippen LogP contribution in [-0.4, -0.2) is 34.0 Å². The summed E-state index contributed by atoms with van der Waals surface area (Å²) in [6, 6.07) is 7.98. The summed E-state index contributed by atoms with van der Waals surface area (Å²) >= 11 is 1.57. The summed E-state index contributed by atoms with van der Waals surface area (Å²) < 4.78 is 0. The van der Waals surface area contributed by atoms with Gasteiger partial charge in [-0.15, -0.1) is 0 Å². The molecule has 5 heteroatoms. The Kier molecular flexibility index (Phi) is 4.93. The van der Waals surface area contributed by atoms with Gasteiger partial charge >= 0.3 is 5.97 Å². The predicted octanol–water partition coefficient (Wildman–Crippen LogP) is 2.57. The highest BCUT2D eigenvalue weighted by molar-refractivity contribution is 7.99. The number of aliphatic carboxylic acids is 1. The zero-order valence-corrected chi connectivity index (χ0v) is 13.2. The Hall–Kier alpha value is -1.49. The number of nitrogens with one attached hydrogen (secondary N) is 1.